The molecule has 146 valence electrons. The number of hydrogen-bond donors (Lipinski definition) is 0. The summed E-state index contributed by atoms with van der Waals surface area (Å²) in [5, 5.41) is 0. The van der Waals surface area contributed by atoms with E-state index in [9.17, 15) is 0 Å². The van der Waals surface area contributed by atoms with Crippen molar-refractivity contribution in [1.29, 1.82) is 0 Å². The molecular weight excluding hydrogens is 1100 g/mol. The fourth-order valence-electron chi connectivity index (χ4n) is 0. The van der Waals surface area contributed by atoms with Crippen molar-refractivity contribution in [1.82, 2.24) is 0 Å². The van der Waals surface area contributed by atoms with Crippen molar-refractivity contribution < 1.29 is 195 Å². The van der Waals surface area contributed by atoms with Gasteiger partial charge in [-0.1, -0.05) is 0 Å². The van der Waals surface area contributed by atoms with E-state index < -0.39 is 113 Å². The Bertz CT molecular complexity index is 477. The van der Waals surface area contributed by atoms with Gasteiger partial charge in [0.1, 0.15) is 0 Å². The molecule has 0 N–H and O–H groups in total. The Morgan fingerprint density at radius 1 is 0.308 bits per heavy atom. The molecule has 0 fully saturated rings. The van der Waals surface area contributed by atoms with E-state index in [1.54, 1.807) is 0 Å². The van der Waals surface area contributed by atoms with Gasteiger partial charge >= 0.3 is 222 Å². The third-order valence-electron chi connectivity index (χ3n) is 0. The minimum Gasteiger partial charge on any atom is 2.00 e. The van der Waals surface area contributed by atoms with Crippen LogP contribution in [0.3, 0.4) is 0 Å². The zero-order chi connectivity index (χ0) is 21.5. The molecule has 0 unspecified atom stereocenters. The molecule has 0 atom stereocenters. The summed E-state index contributed by atoms with van der Waals surface area (Å²) < 4.78 is 155. The van der Waals surface area contributed by atoms with Crippen LogP contribution in [0, 0.1) is 0 Å². The van der Waals surface area contributed by atoms with Crippen LogP contribution < -0.4 is 21.7 Å². The van der Waals surface area contributed by atoms with Gasteiger partial charge in [-0.2, -0.15) is 0 Å². The molecule has 2 radical (unpaired) electrons. The smallest absolute Gasteiger partial charge is 2.00 e. The molecular formula is Nb6O18PbTi. The Balaban J connectivity index is -0.0000000245. The maximum absolute atomic E-state index is 8.60. The van der Waals surface area contributed by atoms with Gasteiger partial charge in [-0.3, -0.25) is 0 Å². The molecule has 0 saturated heterocycles. The van der Waals surface area contributed by atoms with E-state index in [1.165, 1.54) is 0 Å². The van der Waals surface area contributed by atoms with Crippen LogP contribution in [0.4, 0.5) is 0 Å². The van der Waals surface area contributed by atoms with E-state index in [4.69, 9.17) is 60.7 Å². The summed E-state index contributed by atoms with van der Waals surface area (Å²) in [6.07, 6.45) is 0. The summed E-state index contributed by atoms with van der Waals surface area (Å²) in [6.45, 7) is 0. The average molecular weight is 1100 g/mol. The molecule has 0 bridgehead atoms. The van der Waals surface area contributed by atoms with E-state index >= 15 is 0 Å². The standard InChI is InChI=1S/6Nb.18O.Pb.Ti/q;;;;;;;;;;;;;;;;;;6*-1;+2;+4. The van der Waals surface area contributed by atoms with E-state index in [0.29, 0.717) is 0 Å². The van der Waals surface area contributed by atoms with Crippen molar-refractivity contribution in [2.45, 2.75) is 0 Å². The van der Waals surface area contributed by atoms with E-state index in [0.717, 1.165) is 0 Å². The molecule has 26 heteroatoms. The quantitative estimate of drug-likeness (QED) is 0.203. The van der Waals surface area contributed by atoms with Crippen LogP contribution in [0.2, 0.25) is 0 Å². The first-order valence-corrected chi connectivity index (χ1v) is 19.4. The summed E-state index contributed by atoms with van der Waals surface area (Å²) in [5.74, 6) is 0. The third kappa shape index (κ3) is 1620. The number of hydrogen-bond acceptors (Lipinski definition) is 18. The van der Waals surface area contributed by atoms with Crippen LogP contribution in [-0.2, 0) is 173 Å². The van der Waals surface area contributed by atoms with Gasteiger partial charge in [0.2, 0.25) is 0 Å². The summed E-state index contributed by atoms with van der Waals surface area (Å²) in [4.78, 5) is 0. The molecule has 0 aromatic heterocycles. The zero-order valence-corrected chi connectivity index (χ0v) is 29.7. The first kappa shape index (κ1) is 51.8. The first-order chi connectivity index (χ1) is 10.4. The van der Waals surface area contributed by atoms with Gasteiger partial charge in [-0.25, -0.2) is 0 Å². The first-order valence-electron chi connectivity index (χ1n) is 3.29. The summed E-state index contributed by atoms with van der Waals surface area (Å²) in [7, 11) is 0. The number of rotatable bonds is 0. The third-order valence-corrected chi connectivity index (χ3v) is 0. The van der Waals surface area contributed by atoms with Gasteiger partial charge in [0.15, 0.2) is 0 Å². The van der Waals surface area contributed by atoms with Gasteiger partial charge in [-0.05, 0) is 0 Å². The second-order valence-electron chi connectivity index (χ2n) is 1.34. The normalized spacial score (nSPS) is 5.77. The van der Waals surface area contributed by atoms with Crippen LogP contribution in [0.1, 0.15) is 0 Å². The van der Waals surface area contributed by atoms with Crippen molar-refractivity contribution in [3.8, 4) is 0 Å². The Kier molecular flexibility index (Phi) is 92.8. The van der Waals surface area contributed by atoms with E-state index in [-0.39, 0.29) is 49.0 Å². The maximum Gasteiger partial charge on any atom is 4.00 e. The van der Waals surface area contributed by atoms with Crippen molar-refractivity contribution in [2.75, 3.05) is 0 Å². The Morgan fingerprint density at radius 3 is 0.308 bits per heavy atom. The average Bonchev–Trinajstić information content (AvgIpc) is 2.08. The van der Waals surface area contributed by atoms with Gasteiger partial charge in [0.25, 0.3) is 0 Å². The Morgan fingerprint density at radius 2 is 0.308 bits per heavy atom. The molecule has 0 amide bonds. The molecule has 18 nitrogen and oxygen atoms in total. The van der Waals surface area contributed by atoms with Crippen molar-refractivity contribution in [3.63, 3.8) is 0 Å². The minimum atomic E-state index is -4.20. The summed E-state index contributed by atoms with van der Waals surface area (Å²) in [5.41, 5.74) is 0. The molecule has 0 aliphatic rings. The van der Waals surface area contributed by atoms with Crippen LogP contribution in [0.25, 0.3) is 0 Å². The van der Waals surface area contributed by atoms with E-state index in [2.05, 4.69) is 0 Å². The topological polar surface area (TPSA) is 343 Å². The van der Waals surface area contributed by atoms with Gasteiger partial charge in [-0.15, -0.1) is 0 Å². The predicted molar refractivity (Wildman–Crippen MR) is 14.0 cm³/mol. The van der Waals surface area contributed by atoms with Gasteiger partial charge in [0.05, 0.1) is 0 Å². The monoisotopic (exact) mass is 1100 g/mol. The molecule has 0 aromatic carbocycles. The van der Waals surface area contributed by atoms with Crippen LogP contribution >= 0.6 is 0 Å². The Labute approximate surface area is 218 Å². The van der Waals surface area contributed by atoms with Gasteiger partial charge < -0.3 is 0 Å². The second-order valence-corrected chi connectivity index (χ2v) is 7.94. The molecule has 0 saturated carbocycles. The molecule has 26 heavy (non-hydrogen) atoms. The SMILES string of the molecule is [O]=[Nb](=[O])[O-].[O]=[Nb](=[O])[O-].[O]=[Nb](=[O])[O-].[O]=[Nb](=[O])[O-].[O]=[Nb](=[O])[O-].[O]=[Nb](=[O])[O-].[Pb+2].[Ti+4]. The fourth-order valence-corrected chi connectivity index (χ4v) is 0. The fraction of sp³-hybridized carbons (Fsp3) is 0. The molecule has 0 spiro atoms. The molecule has 0 heterocycles. The molecule has 0 aromatic rings. The van der Waals surface area contributed by atoms with Gasteiger partial charge in [0, 0.05) is 0 Å². The van der Waals surface area contributed by atoms with Crippen LogP contribution in [-0.4, -0.2) is 27.3 Å². The summed E-state index contributed by atoms with van der Waals surface area (Å²) in [6, 6.07) is 0. The van der Waals surface area contributed by atoms with Crippen LogP contribution in [0.15, 0.2) is 0 Å². The predicted octanol–water partition coefficient (Wildman–Crippen LogP) is -8.96. The minimum absolute atomic E-state index is 0. The summed E-state index contributed by atoms with van der Waals surface area (Å²) >= 11 is -25.2. The maximum atomic E-state index is 8.60. The van der Waals surface area contributed by atoms with Crippen molar-refractivity contribution >= 4 is 27.3 Å². The van der Waals surface area contributed by atoms with E-state index in [1.807, 2.05) is 0 Å². The zero-order valence-electron chi connectivity index (χ0n) is 11.0. The molecule has 0 aliphatic heterocycles. The Hall–Kier alpha value is 3.44. The van der Waals surface area contributed by atoms with Crippen LogP contribution in [0.5, 0.6) is 0 Å². The van der Waals surface area contributed by atoms with Crippen molar-refractivity contribution in [3.05, 3.63) is 0 Å². The van der Waals surface area contributed by atoms with Crippen molar-refractivity contribution in [2.24, 2.45) is 0 Å². The molecule has 0 aliphatic carbocycles. The largest absolute Gasteiger partial charge is 4.00 e. The molecule has 0 rings (SSSR count). The second kappa shape index (κ2) is 46.6.